The van der Waals surface area contributed by atoms with Gasteiger partial charge >= 0.3 is 0 Å². The molecule has 2 heteroatoms. The Balaban J connectivity index is 2.02. The van der Waals surface area contributed by atoms with Crippen LogP contribution in [0, 0.1) is 5.41 Å². The molecular formula is C17H27NO. The zero-order valence-electron chi connectivity index (χ0n) is 12.7. The van der Waals surface area contributed by atoms with E-state index >= 15 is 0 Å². The summed E-state index contributed by atoms with van der Waals surface area (Å²) in [5.74, 6) is 0.984. The van der Waals surface area contributed by atoms with E-state index < -0.39 is 0 Å². The molecule has 1 aliphatic rings. The topological polar surface area (TPSA) is 21.3 Å². The van der Waals surface area contributed by atoms with E-state index in [0.29, 0.717) is 17.5 Å². The maximum absolute atomic E-state index is 5.46. The minimum atomic E-state index is 0.343. The fraction of sp³-hybridized carbons (Fsp3) is 0.647. The molecule has 19 heavy (non-hydrogen) atoms. The van der Waals surface area contributed by atoms with Crippen LogP contribution < -0.4 is 10.1 Å². The van der Waals surface area contributed by atoms with E-state index in [1.54, 1.807) is 7.11 Å². The summed E-state index contributed by atoms with van der Waals surface area (Å²) in [5, 5.41) is 3.79. The Bertz CT molecular complexity index is 413. The summed E-state index contributed by atoms with van der Waals surface area (Å²) in [4.78, 5) is 0. The second-order valence-electron chi connectivity index (χ2n) is 6.59. The molecule has 1 aliphatic carbocycles. The molecule has 1 aromatic carbocycles. The molecule has 1 fully saturated rings. The Kier molecular flexibility index (Phi) is 4.51. The van der Waals surface area contributed by atoms with Crippen LogP contribution in [0.3, 0.4) is 0 Å². The van der Waals surface area contributed by atoms with Crippen molar-refractivity contribution in [1.29, 1.82) is 0 Å². The van der Waals surface area contributed by atoms with Gasteiger partial charge in [-0.15, -0.1) is 0 Å². The number of rotatable bonds is 4. The van der Waals surface area contributed by atoms with E-state index in [4.69, 9.17) is 4.74 Å². The fourth-order valence-corrected chi connectivity index (χ4v) is 3.31. The summed E-state index contributed by atoms with van der Waals surface area (Å²) in [6, 6.07) is 9.28. The molecule has 1 unspecified atom stereocenters. The number of benzene rings is 1. The Labute approximate surface area is 117 Å². The van der Waals surface area contributed by atoms with E-state index in [1.165, 1.54) is 31.2 Å². The van der Waals surface area contributed by atoms with Crippen molar-refractivity contribution in [1.82, 2.24) is 5.32 Å². The number of para-hydroxylation sites is 1. The maximum atomic E-state index is 5.46. The minimum Gasteiger partial charge on any atom is -0.496 e. The van der Waals surface area contributed by atoms with Crippen LogP contribution in [0.2, 0.25) is 0 Å². The second-order valence-corrected chi connectivity index (χ2v) is 6.59. The normalized spacial score (nSPS) is 23.9. The monoisotopic (exact) mass is 261 g/mol. The van der Waals surface area contributed by atoms with E-state index in [-0.39, 0.29) is 0 Å². The lowest BCUT2D eigenvalue weighted by Crippen LogP contribution is -2.38. The summed E-state index contributed by atoms with van der Waals surface area (Å²) < 4.78 is 5.46. The van der Waals surface area contributed by atoms with Gasteiger partial charge in [0.15, 0.2) is 0 Å². The Morgan fingerprint density at radius 1 is 1.32 bits per heavy atom. The van der Waals surface area contributed by atoms with Gasteiger partial charge in [0, 0.05) is 17.6 Å². The number of nitrogens with one attached hydrogen (secondary N) is 1. The summed E-state index contributed by atoms with van der Waals surface area (Å²) in [5.41, 5.74) is 1.74. The molecule has 1 saturated carbocycles. The first kappa shape index (κ1) is 14.4. The third-order valence-corrected chi connectivity index (χ3v) is 4.30. The largest absolute Gasteiger partial charge is 0.496 e. The predicted octanol–water partition coefficient (Wildman–Crippen LogP) is 4.31. The van der Waals surface area contributed by atoms with Gasteiger partial charge in [-0.3, -0.25) is 0 Å². The molecular weight excluding hydrogens is 234 g/mol. The molecule has 106 valence electrons. The van der Waals surface area contributed by atoms with Gasteiger partial charge < -0.3 is 10.1 Å². The molecule has 0 aromatic heterocycles. The maximum Gasteiger partial charge on any atom is 0.123 e. The molecule has 2 nitrogen and oxygen atoms in total. The molecule has 1 aromatic rings. The average molecular weight is 261 g/mol. The molecule has 0 radical (unpaired) electrons. The molecule has 0 bridgehead atoms. The second kappa shape index (κ2) is 5.96. The van der Waals surface area contributed by atoms with E-state index in [9.17, 15) is 0 Å². The number of ether oxygens (including phenoxy) is 1. The van der Waals surface area contributed by atoms with Crippen LogP contribution in [-0.4, -0.2) is 13.2 Å². The molecule has 0 spiro atoms. The van der Waals surface area contributed by atoms with Crippen LogP contribution in [0.15, 0.2) is 24.3 Å². The first-order valence-corrected chi connectivity index (χ1v) is 7.41. The first-order valence-electron chi connectivity index (χ1n) is 7.41. The van der Waals surface area contributed by atoms with Crippen molar-refractivity contribution >= 4 is 0 Å². The number of hydrogen-bond acceptors (Lipinski definition) is 2. The highest BCUT2D eigenvalue weighted by Crippen LogP contribution is 2.36. The third-order valence-electron chi connectivity index (χ3n) is 4.30. The smallest absolute Gasteiger partial charge is 0.123 e. The Morgan fingerprint density at radius 2 is 2.05 bits per heavy atom. The Morgan fingerprint density at radius 3 is 2.74 bits per heavy atom. The van der Waals surface area contributed by atoms with Crippen molar-refractivity contribution in [2.75, 3.05) is 7.11 Å². The predicted molar refractivity (Wildman–Crippen MR) is 80.6 cm³/mol. The van der Waals surface area contributed by atoms with Crippen molar-refractivity contribution in [3.8, 4) is 5.75 Å². The molecule has 0 heterocycles. The average Bonchev–Trinajstić information content (AvgIpc) is 2.37. The van der Waals surface area contributed by atoms with Gasteiger partial charge in [-0.25, -0.2) is 0 Å². The van der Waals surface area contributed by atoms with Gasteiger partial charge in [0.05, 0.1) is 7.11 Å². The zero-order chi connectivity index (χ0) is 13.9. The van der Waals surface area contributed by atoms with Crippen LogP contribution in [-0.2, 0) is 0 Å². The van der Waals surface area contributed by atoms with Gasteiger partial charge in [0.25, 0.3) is 0 Å². The standard InChI is InChI=1S/C17H27NO/c1-13(15-9-5-6-10-16(15)19-4)18-14-8-7-11-17(2,3)12-14/h5-6,9-10,13-14,18H,7-8,11-12H2,1-4H3/t13-,14?/m1/s1. The molecule has 2 atom stereocenters. The number of hydrogen-bond donors (Lipinski definition) is 1. The van der Waals surface area contributed by atoms with Crippen LogP contribution >= 0.6 is 0 Å². The molecule has 2 rings (SSSR count). The van der Waals surface area contributed by atoms with Crippen molar-refractivity contribution < 1.29 is 4.74 Å². The zero-order valence-corrected chi connectivity index (χ0v) is 12.7. The van der Waals surface area contributed by atoms with E-state index in [1.807, 2.05) is 12.1 Å². The third kappa shape index (κ3) is 3.73. The fourth-order valence-electron chi connectivity index (χ4n) is 3.31. The van der Waals surface area contributed by atoms with Crippen LogP contribution in [0.5, 0.6) is 5.75 Å². The quantitative estimate of drug-likeness (QED) is 0.871. The Hall–Kier alpha value is -1.02. The minimum absolute atomic E-state index is 0.343. The van der Waals surface area contributed by atoms with E-state index in [2.05, 4.69) is 38.2 Å². The van der Waals surface area contributed by atoms with Gasteiger partial charge in [-0.1, -0.05) is 38.5 Å². The van der Waals surface area contributed by atoms with Gasteiger partial charge in [0.1, 0.15) is 5.75 Å². The molecule has 0 saturated heterocycles. The summed E-state index contributed by atoms with van der Waals surface area (Å²) in [7, 11) is 1.75. The first-order chi connectivity index (χ1) is 9.02. The van der Waals surface area contributed by atoms with Gasteiger partial charge in [-0.05, 0) is 37.7 Å². The summed E-state index contributed by atoms with van der Waals surface area (Å²) in [6.45, 7) is 7.00. The van der Waals surface area contributed by atoms with Gasteiger partial charge in [-0.2, -0.15) is 0 Å². The SMILES string of the molecule is COc1ccccc1[C@@H](C)NC1CCCC(C)(C)C1. The highest BCUT2D eigenvalue weighted by Gasteiger charge is 2.28. The molecule has 0 aliphatic heterocycles. The van der Waals surface area contributed by atoms with Crippen LogP contribution in [0.25, 0.3) is 0 Å². The lowest BCUT2D eigenvalue weighted by atomic mass is 9.75. The van der Waals surface area contributed by atoms with Crippen molar-refractivity contribution in [3.63, 3.8) is 0 Å². The van der Waals surface area contributed by atoms with E-state index in [0.717, 1.165) is 5.75 Å². The van der Waals surface area contributed by atoms with Gasteiger partial charge in [0.2, 0.25) is 0 Å². The van der Waals surface area contributed by atoms with Crippen molar-refractivity contribution in [2.24, 2.45) is 5.41 Å². The number of methoxy groups -OCH3 is 1. The highest BCUT2D eigenvalue weighted by atomic mass is 16.5. The van der Waals surface area contributed by atoms with Crippen LogP contribution in [0.1, 0.15) is 58.1 Å². The summed E-state index contributed by atoms with van der Waals surface area (Å²) >= 11 is 0. The summed E-state index contributed by atoms with van der Waals surface area (Å²) in [6.07, 6.45) is 5.26. The molecule has 0 amide bonds. The molecule has 1 N–H and O–H groups in total. The lowest BCUT2D eigenvalue weighted by molar-refractivity contribution is 0.190. The van der Waals surface area contributed by atoms with Crippen molar-refractivity contribution in [2.45, 2.75) is 58.5 Å². The highest BCUT2D eigenvalue weighted by molar-refractivity contribution is 5.35. The van der Waals surface area contributed by atoms with Crippen LogP contribution in [0.4, 0.5) is 0 Å². The van der Waals surface area contributed by atoms with Crippen molar-refractivity contribution in [3.05, 3.63) is 29.8 Å². The lowest BCUT2D eigenvalue weighted by Gasteiger charge is -2.37.